The molecule has 0 bridgehead atoms. The normalized spacial score (nSPS) is 25.6. The molecule has 2 aromatic carbocycles. The number of carbonyl (C=O) groups excluding carboxylic acids is 2. The molecule has 2 heterocycles. The highest BCUT2D eigenvalue weighted by Crippen LogP contribution is 2.57. The minimum atomic E-state index is -4.72. The Bertz CT molecular complexity index is 997. The van der Waals surface area contributed by atoms with Gasteiger partial charge in [0.15, 0.2) is 0 Å². The lowest BCUT2D eigenvalue weighted by Gasteiger charge is -2.31. The number of amides is 1. The van der Waals surface area contributed by atoms with Crippen LogP contribution in [-0.2, 0) is 32.5 Å². The molecule has 0 aromatic heterocycles. The van der Waals surface area contributed by atoms with Crippen molar-refractivity contribution in [1.29, 1.82) is 0 Å². The Morgan fingerprint density at radius 2 is 1.93 bits per heavy atom. The highest BCUT2D eigenvalue weighted by molar-refractivity contribution is 8.01. The van der Waals surface area contributed by atoms with Crippen LogP contribution in [0.3, 0.4) is 0 Å². The fraction of sp³-hybridized carbons (Fsp3) is 0.333. The molecule has 1 N–H and O–H groups in total. The second-order valence-electron chi connectivity index (χ2n) is 7.20. The van der Waals surface area contributed by atoms with Gasteiger partial charge in [0.1, 0.15) is 10.7 Å². The summed E-state index contributed by atoms with van der Waals surface area (Å²) in [7, 11) is 1.15. The summed E-state index contributed by atoms with van der Waals surface area (Å²) < 4.78 is 46.5. The zero-order chi connectivity index (χ0) is 21.7. The molecule has 0 radical (unpaired) electrons. The summed E-state index contributed by atoms with van der Waals surface area (Å²) in [6.45, 7) is -0.118. The standard InChI is InChI=1S/C21H18F3NO4S/c1-29-18(27)17-20(15(26)11-30-17)13-8-5-9-14(21(22,23)24)16(13)25(19(20)28)10-12-6-3-2-4-7-12/h2-9,15,17,26H,10-11H2,1H3/t15-,17+,20-/m0/s1. The summed E-state index contributed by atoms with van der Waals surface area (Å²) in [6.07, 6.45) is -6.05. The number of fused-ring (bicyclic) bond motifs is 2. The average Bonchev–Trinajstić information content (AvgIpc) is 3.19. The van der Waals surface area contributed by atoms with E-state index >= 15 is 0 Å². The predicted molar refractivity (Wildman–Crippen MR) is 105 cm³/mol. The van der Waals surface area contributed by atoms with Crippen LogP contribution in [0.1, 0.15) is 16.7 Å². The summed E-state index contributed by atoms with van der Waals surface area (Å²) in [4.78, 5) is 27.2. The van der Waals surface area contributed by atoms with E-state index in [4.69, 9.17) is 4.74 Å². The quantitative estimate of drug-likeness (QED) is 0.748. The topological polar surface area (TPSA) is 66.8 Å². The number of carbonyl (C=O) groups is 2. The second-order valence-corrected chi connectivity index (χ2v) is 8.34. The molecule has 0 saturated carbocycles. The maximum absolute atomic E-state index is 13.9. The monoisotopic (exact) mass is 437 g/mol. The fourth-order valence-corrected chi connectivity index (χ4v) is 5.83. The number of hydrogen-bond acceptors (Lipinski definition) is 5. The third kappa shape index (κ3) is 2.91. The van der Waals surface area contributed by atoms with Crippen LogP contribution in [-0.4, -0.2) is 41.2 Å². The number of methoxy groups -OCH3 is 1. The van der Waals surface area contributed by atoms with Gasteiger partial charge in [-0.1, -0.05) is 42.5 Å². The molecular weight excluding hydrogens is 419 g/mol. The molecule has 1 saturated heterocycles. The Morgan fingerprint density at radius 1 is 1.23 bits per heavy atom. The van der Waals surface area contributed by atoms with E-state index in [1.54, 1.807) is 30.3 Å². The number of esters is 1. The van der Waals surface area contributed by atoms with Crippen LogP contribution in [0.5, 0.6) is 0 Å². The van der Waals surface area contributed by atoms with Gasteiger partial charge in [0.05, 0.1) is 31.0 Å². The molecule has 3 atom stereocenters. The number of benzene rings is 2. The Morgan fingerprint density at radius 3 is 2.57 bits per heavy atom. The van der Waals surface area contributed by atoms with Gasteiger partial charge < -0.3 is 14.7 Å². The lowest BCUT2D eigenvalue weighted by atomic mass is 9.74. The van der Waals surface area contributed by atoms with Crippen LogP contribution in [0.15, 0.2) is 48.5 Å². The van der Waals surface area contributed by atoms with Crippen molar-refractivity contribution in [3.63, 3.8) is 0 Å². The van der Waals surface area contributed by atoms with Crippen molar-refractivity contribution in [3.05, 3.63) is 65.2 Å². The molecule has 0 aliphatic carbocycles. The van der Waals surface area contributed by atoms with E-state index in [1.807, 2.05) is 0 Å². The van der Waals surface area contributed by atoms with Gasteiger partial charge in [-0.2, -0.15) is 13.2 Å². The van der Waals surface area contributed by atoms with Gasteiger partial charge in [-0.3, -0.25) is 9.59 Å². The Hall–Kier alpha value is -2.52. The van der Waals surface area contributed by atoms with Crippen LogP contribution in [0.4, 0.5) is 18.9 Å². The zero-order valence-corrected chi connectivity index (χ0v) is 16.7. The van der Waals surface area contributed by atoms with Crippen LogP contribution >= 0.6 is 11.8 Å². The van der Waals surface area contributed by atoms with E-state index in [2.05, 4.69) is 0 Å². The minimum absolute atomic E-state index is 0.00570. The van der Waals surface area contributed by atoms with Gasteiger partial charge in [0, 0.05) is 5.75 Å². The summed E-state index contributed by atoms with van der Waals surface area (Å²) in [6, 6.07) is 12.1. The number of rotatable bonds is 3. The maximum Gasteiger partial charge on any atom is 0.418 e. The number of aliphatic hydroxyl groups excluding tert-OH is 1. The van der Waals surface area contributed by atoms with Crippen molar-refractivity contribution >= 4 is 29.3 Å². The minimum Gasteiger partial charge on any atom is -0.468 e. The van der Waals surface area contributed by atoms with Gasteiger partial charge in [0.2, 0.25) is 5.91 Å². The van der Waals surface area contributed by atoms with E-state index in [-0.39, 0.29) is 23.5 Å². The SMILES string of the molecule is COC(=O)[C@H]1SC[C@H](O)[C@]12C(=O)N(Cc1ccccc1)c1c(C(F)(F)F)cccc12. The van der Waals surface area contributed by atoms with Crippen LogP contribution < -0.4 is 4.90 Å². The molecular formula is C21H18F3NO4S. The number of halogens is 3. The molecule has 1 fully saturated rings. The Balaban J connectivity index is 1.96. The average molecular weight is 437 g/mol. The van der Waals surface area contributed by atoms with Crippen molar-refractivity contribution in [1.82, 2.24) is 0 Å². The van der Waals surface area contributed by atoms with Gasteiger partial charge >= 0.3 is 12.1 Å². The van der Waals surface area contributed by atoms with E-state index < -0.39 is 40.4 Å². The van der Waals surface area contributed by atoms with E-state index in [9.17, 15) is 27.9 Å². The maximum atomic E-state index is 13.9. The first-order chi connectivity index (χ1) is 14.2. The third-order valence-corrected chi connectivity index (χ3v) is 7.02. The predicted octanol–water partition coefficient (Wildman–Crippen LogP) is 3.14. The number of anilines is 1. The molecule has 2 aromatic rings. The molecule has 5 nitrogen and oxygen atoms in total. The number of nitrogens with zero attached hydrogens (tertiary/aromatic N) is 1. The van der Waals surface area contributed by atoms with Crippen molar-refractivity contribution in [2.75, 3.05) is 17.8 Å². The number of alkyl halides is 3. The summed E-state index contributed by atoms with van der Waals surface area (Å²) in [5.74, 6) is -1.46. The van der Waals surface area contributed by atoms with E-state index in [0.29, 0.717) is 5.56 Å². The summed E-state index contributed by atoms with van der Waals surface area (Å²) >= 11 is 1.02. The van der Waals surface area contributed by atoms with Crippen molar-refractivity contribution < 1.29 is 32.6 Å². The molecule has 9 heteroatoms. The Labute approximate surface area is 174 Å². The lowest BCUT2D eigenvalue weighted by molar-refractivity contribution is -0.145. The largest absolute Gasteiger partial charge is 0.468 e. The summed E-state index contributed by atoms with van der Waals surface area (Å²) in [5.41, 5.74) is -2.49. The molecule has 30 heavy (non-hydrogen) atoms. The number of hydrogen-bond donors (Lipinski definition) is 1. The number of thioether (sulfide) groups is 1. The second kappa shape index (κ2) is 7.31. The number of para-hydroxylation sites is 1. The molecule has 2 aliphatic rings. The first-order valence-electron chi connectivity index (χ1n) is 9.17. The van der Waals surface area contributed by atoms with Crippen LogP contribution in [0.25, 0.3) is 0 Å². The zero-order valence-electron chi connectivity index (χ0n) is 15.8. The molecule has 1 amide bonds. The van der Waals surface area contributed by atoms with Gasteiger partial charge in [-0.25, -0.2) is 0 Å². The molecule has 2 aliphatic heterocycles. The third-order valence-electron chi connectivity index (χ3n) is 5.61. The lowest BCUT2D eigenvalue weighted by Crippen LogP contribution is -2.54. The van der Waals surface area contributed by atoms with Crippen LogP contribution in [0.2, 0.25) is 0 Å². The number of aliphatic hydroxyl groups is 1. The van der Waals surface area contributed by atoms with Crippen molar-refractivity contribution in [2.45, 2.75) is 29.5 Å². The van der Waals surface area contributed by atoms with Gasteiger partial charge in [-0.05, 0) is 17.2 Å². The van der Waals surface area contributed by atoms with Crippen molar-refractivity contribution in [3.8, 4) is 0 Å². The first-order valence-corrected chi connectivity index (χ1v) is 10.2. The molecule has 158 valence electrons. The van der Waals surface area contributed by atoms with Gasteiger partial charge in [0.25, 0.3) is 0 Å². The van der Waals surface area contributed by atoms with Crippen molar-refractivity contribution in [2.24, 2.45) is 0 Å². The fourth-order valence-electron chi connectivity index (χ4n) is 4.32. The number of ether oxygens (including phenoxy) is 1. The highest BCUT2D eigenvalue weighted by atomic mass is 32.2. The molecule has 4 rings (SSSR count). The van der Waals surface area contributed by atoms with E-state index in [1.165, 1.54) is 12.1 Å². The first kappa shape index (κ1) is 20.7. The van der Waals surface area contributed by atoms with Crippen LogP contribution in [0, 0.1) is 0 Å². The highest BCUT2D eigenvalue weighted by Gasteiger charge is 2.66. The van der Waals surface area contributed by atoms with E-state index in [0.717, 1.165) is 29.8 Å². The molecule has 0 unspecified atom stereocenters. The smallest absolute Gasteiger partial charge is 0.418 e. The summed E-state index contributed by atoms with van der Waals surface area (Å²) in [5, 5.41) is 9.69. The van der Waals surface area contributed by atoms with Gasteiger partial charge in [-0.15, -0.1) is 11.8 Å². The Kier molecular flexibility index (Phi) is 5.06. The molecule has 1 spiro atoms.